The Morgan fingerprint density at radius 3 is 2.44 bits per heavy atom. The van der Waals surface area contributed by atoms with Gasteiger partial charge in [0.15, 0.2) is 0 Å². The van der Waals surface area contributed by atoms with E-state index < -0.39 is 0 Å². The molecule has 0 amide bonds. The van der Waals surface area contributed by atoms with Gasteiger partial charge < -0.3 is 9.30 Å². The summed E-state index contributed by atoms with van der Waals surface area (Å²) in [5, 5.41) is 14.7. The van der Waals surface area contributed by atoms with E-state index in [0.717, 1.165) is 54.0 Å². The van der Waals surface area contributed by atoms with Gasteiger partial charge in [-0.15, -0.1) is 10.2 Å². The van der Waals surface area contributed by atoms with Crippen LogP contribution in [0.3, 0.4) is 0 Å². The molecule has 8 heteroatoms. The first kappa shape index (κ1) is 24.0. The van der Waals surface area contributed by atoms with Crippen molar-refractivity contribution in [2.45, 2.75) is 53.2 Å². The molecular formula is C28H29ClN6O. The summed E-state index contributed by atoms with van der Waals surface area (Å²) in [5.41, 5.74) is 7.84. The Kier molecular flexibility index (Phi) is 7.00. The predicted molar refractivity (Wildman–Crippen MR) is 142 cm³/mol. The summed E-state index contributed by atoms with van der Waals surface area (Å²) in [5.74, 6) is 2.36. The molecule has 7 nitrogen and oxygen atoms in total. The molecule has 3 aromatic carbocycles. The maximum atomic E-state index is 6.58. The van der Waals surface area contributed by atoms with Crippen molar-refractivity contribution in [3.05, 3.63) is 87.7 Å². The van der Waals surface area contributed by atoms with Crippen LogP contribution in [0.2, 0.25) is 5.02 Å². The lowest BCUT2D eigenvalue weighted by Crippen LogP contribution is -2.06. The Bertz CT molecular complexity index is 1470. The molecule has 184 valence electrons. The third-order valence-corrected chi connectivity index (χ3v) is 6.93. The van der Waals surface area contributed by atoms with Gasteiger partial charge in [0, 0.05) is 24.1 Å². The van der Waals surface area contributed by atoms with Crippen LogP contribution in [0.4, 0.5) is 0 Å². The van der Waals surface area contributed by atoms with Crippen LogP contribution >= 0.6 is 11.6 Å². The first-order valence-electron chi connectivity index (χ1n) is 12.3. The van der Waals surface area contributed by atoms with Crippen molar-refractivity contribution >= 4 is 22.6 Å². The molecule has 0 radical (unpaired) electrons. The molecule has 0 saturated carbocycles. The lowest BCUT2D eigenvalue weighted by atomic mass is 10.0. The van der Waals surface area contributed by atoms with Crippen LogP contribution in [-0.4, -0.2) is 30.2 Å². The van der Waals surface area contributed by atoms with Crippen molar-refractivity contribution in [3.8, 4) is 17.1 Å². The second-order valence-corrected chi connectivity index (χ2v) is 9.12. The lowest BCUT2D eigenvalue weighted by Gasteiger charge is -2.13. The highest BCUT2D eigenvalue weighted by molar-refractivity contribution is 6.34. The fourth-order valence-electron chi connectivity index (χ4n) is 4.56. The maximum absolute atomic E-state index is 6.58. The molecule has 2 aromatic heterocycles. The summed E-state index contributed by atoms with van der Waals surface area (Å²) in [6.45, 7) is 7.69. The summed E-state index contributed by atoms with van der Waals surface area (Å²) in [7, 11) is 0. The van der Waals surface area contributed by atoms with E-state index >= 15 is 0 Å². The number of H-pyrrole nitrogens is 1. The number of tetrazole rings is 1. The molecule has 0 fully saturated rings. The highest BCUT2D eigenvalue weighted by atomic mass is 35.5. The number of benzene rings is 3. The molecule has 0 spiro atoms. The molecule has 0 unspecified atom stereocenters. The van der Waals surface area contributed by atoms with Crippen LogP contribution < -0.4 is 4.74 Å². The second kappa shape index (κ2) is 10.5. The number of hydrogen-bond acceptors (Lipinski definition) is 5. The molecule has 36 heavy (non-hydrogen) atoms. The average molecular weight is 501 g/mol. The van der Waals surface area contributed by atoms with Gasteiger partial charge in [-0.25, -0.2) is 4.98 Å². The number of aryl methyl sites for hydroxylation is 3. The van der Waals surface area contributed by atoms with E-state index in [4.69, 9.17) is 21.3 Å². The number of nitrogens with one attached hydrogen (secondary N) is 1. The second-order valence-electron chi connectivity index (χ2n) is 8.74. The number of imidazole rings is 1. The smallest absolute Gasteiger partial charge is 0.206 e. The van der Waals surface area contributed by atoms with Gasteiger partial charge in [-0.05, 0) is 59.0 Å². The number of fused-ring (bicyclic) bond motifs is 1. The highest BCUT2D eigenvalue weighted by Gasteiger charge is 2.15. The van der Waals surface area contributed by atoms with E-state index in [2.05, 4.69) is 70.2 Å². The summed E-state index contributed by atoms with van der Waals surface area (Å²) < 4.78 is 8.41. The summed E-state index contributed by atoms with van der Waals surface area (Å²) >= 11 is 6.58. The molecule has 5 aromatic rings. The van der Waals surface area contributed by atoms with Crippen LogP contribution in [0.1, 0.15) is 48.8 Å². The van der Waals surface area contributed by atoms with Crippen molar-refractivity contribution in [2.24, 2.45) is 0 Å². The fraction of sp³-hybridized carbons (Fsp3) is 0.286. The Balaban J connectivity index is 1.34. The number of aromatic amines is 1. The normalized spacial score (nSPS) is 11.3. The minimum Gasteiger partial charge on any atom is -0.489 e. The molecule has 0 saturated heterocycles. The number of ether oxygens (including phenoxy) is 1. The number of hydrogen-bond donors (Lipinski definition) is 1. The van der Waals surface area contributed by atoms with Gasteiger partial charge in [0.05, 0.1) is 16.1 Å². The third-order valence-electron chi connectivity index (χ3n) is 6.49. The van der Waals surface area contributed by atoms with Gasteiger partial charge in [0.2, 0.25) is 5.82 Å². The van der Waals surface area contributed by atoms with E-state index in [9.17, 15) is 0 Å². The Morgan fingerprint density at radius 2 is 1.75 bits per heavy atom. The third kappa shape index (κ3) is 4.71. The van der Waals surface area contributed by atoms with Crippen molar-refractivity contribution in [2.75, 3.05) is 0 Å². The molecule has 5 rings (SSSR count). The van der Waals surface area contributed by atoms with E-state index in [1.165, 1.54) is 22.2 Å². The molecule has 0 aliphatic carbocycles. The average Bonchev–Trinajstić information content (AvgIpc) is 3.56. The van der Waals surface area contributed by atoms with E-state index in [-0.39, 0.29) is 0 Å². The Labute approximate surface area is 215 Å². The SMILES string of the molecule is CCc1cc(CC)c2c(c1)nc(CC)n2Cc1ccc(OCc2cccc(-c3nn[nH]n3)c2Cl)cc1. The fourth-order valence-corrected chi connectivity index (χ4v) is 4.82. The number of halogens is 1. The van der Waals surface area contributed by atoms with Crippen LogP contribution in [0.5, 0.6) is 5.75 Å². The standard InChI is InChI=1S/C28H29ClN6O/c1-4-18-14-20(5-2)27-24(15-18)30-25(6-3)35(27)16-19-10-12-22(13-11-19)36-17-21-8-7-9-23(26(21)29)28-31-33-34-32-28/h7-15H,4-6,16-17H2,1-3H3,(H,31,32,33,34). The van der Waals surface area contributed by atoms with E-state index in [0.29, 0.717) is 17.5 Å². The van der Waals surface area contributed by atoms with Crippen LogP contribution in [-0.2, 0) is 32.4 Å². The molecule has 1 N–H and O–H groups in total. The minimum atomic E-state index is 0.343. The molecule has 0 atom stereocenters. The predicted octanol–water partition coefficient (Wildman–Crippen LogP) is 6.18. The summed E-state index contributed by atoms with van der Waals surface area (Å²) in [6.07, 6.45) is 2.90. The zero-order valence-electron chi connectivity index (χ0n) is 20.8. The van der Waals surface area contributed by atoms with Gasteiger partial charge in [0.1, 0.15) is 18.2 Å². The largest absolute Gasteiger partial charge is 0.489 e. The molecular weight excluding hydrogens is 472 g/mol. The van der Waals surface area contributed by atoms with Gasteiger partial charge in [0.25, 0.3) is 0 Å². The van der Waals surface area contributed by atoms with Crippen LogP contribution in [0.15, 0.2) is 54.6 Å². The molecule has 0 aliphatic rings. The first-order chi connectivity index (χ1) is 17.6. The van der Waals surface area contributed by atoms with Crippen molar-refractivity contribution in [3.63, 3.8) is 0 Å². The molecule has 0 aliphatic heterocycles. The zero-order valence-corrected chi connectivity index (χ0v) is 21.5. The highest BCUT2D eigenvalue weighted by Crippen LogP contribution is 2.29. The van der Waals surface area contributed by atoms with Crippen LogP contribution in [0, 0.1) is 0 Å². The summed E-state index contributed by atoms with van der Waals surface area (Å²) in [4.78, 5) is 4.97. The number of aromatic nitrogens is 6. The maximum Gasteiger partial charge on any atom is 0.206 e. The first-order valence-corrected chi connectivity index (χ1v) is 12.7. The van der Waals surface area contributed by atoms with Gasteiger partial charge in [-0.3, -0.25) is 0 Å². The van der Waals surface area contributed by atoms with Crippen molar-refractivity contribution in [1.82, 2.24) is 30.2 Å². The monoisotopic (exact) mass is 500 g/mol. The van der Waals surface area contributed by atoms with E-state index in [1.54, 1.807) is 0 Å². The van der Waals surface area contributed by atoms with Gasteiger partial charge in [-0.1, -0.05) is 62.7 Å². The molecule has 2 heterocycles. The number of rotatable bonds is 9. The zero-order chi connectivity index (χ0) is 25.1. The minimum absolute atomic E-state index is 0.343. The summed E-state index contributed by atoms with van der Waals surface area (Å²) in [6, 6.07) is 18.5. The topological polar surface area (TPSA) is 81.5 Å². The lowest BCUT2D eigenvalue weighted by molar-refractivity contribution is 0.306. The van der Waals surface area contributed by atoms with Crippen molar-refractivity contribution < 1.29 is 4.74 Å². The van der Waals surface area contributed by atoms with Crippen molar-refractivity contribution in [1.29, 1.82) is 0 Å². The Hall–Kier alpha value is -3.71. The quantitative estimate of drug-likeness (QED) is 0.261. The van der Waals surface area contributed by atoms with Crippen LogP contribution in [0.25, 0.3) is 22.4 Å². The van der Waals surface area contributed by atoms with E-state index in [1.807, 2.05) is 30.3 Å². The Morgan fingerprint density at radius 1 is 0.917 bits per heavy atom. The van der Waals surface area contributed by atoms with Gasteiger partial charge in [-0.2, -0.15) is 5.21 Å². The molecule has 0 bridgehead atoms. The number of nitrogens with zero attached hydrogens (tertiary/aromatic N) is 5. The van der Waals surface area contributed by atoms with Gasteiger partial charge >= 0.3 is 0 Å².